The topological polar surface area (TPSA) is 53.1 Å². The molecule has 5 rings (SSSR count). The quantitative estimate of drug-likeness (QED) is 0.532. The van der Waals surface area contributed by atoms with Crippen molar-refractivity contribution in [1.29, 1.82) is 5.26 Å². The van der Waals surface area contributed by atoms with Crippen molar-refractivity contribution >= 4 is 39.8 Å². The van der Waals surface area contributed by atoms with Gasteiger partial charge in [-0.1, -0.05) is 29.8 Å². The molecule has 2 heterocycles. The van der Waals surface area contributed by atoms with Crippen molar-refractivity contribution in [2.24, 2.45) is 0 Å². The molecule has 0 amide bonds. The number of imidazole rings is 1. The second-order valence-electron chi connectivity index (χ2n) is 6.54. The summed E-state index contributed by atoms with van der Waals surface area (Å²) in [6.07, 6.45) is 2.93. The lowest BCUT2D eigenvalue weighted by Gasteiger charge is -2.16. The number of benzene rings is 2. The fourth-order valence-electron chi connectivity index (χ4n) is 3.92. The fraction of sp³-hybridized carbons (Fsp3) is 0.143. The maximum absolute atomic E-state index is 9.80. The van der Waals surface area contributed by atoms with Crippen molar-refractivity contribution < 1.29 is 0 Å². The number of fused-ring (bicyclic) bond motifs is 4. The van der Waals surface area contributed by atoms with E-state index in [0.717, 1.165) is 53.0 Å². The number of hydrogen-bond donors (Lipinski definition) is 1. The molecular weight excluding hydrogens is 344 g/mol. The summed E-state index contributed by atoms with van der Waals surface area (Å²) < 4.78 is 2.08. The molecule has 1 N–H and O–H groups in total. The van der Waals surface area contributed by atoms with Crippen molar-refractivity contribution in [2.45, 2.75) is 19.3 Å². The van der Waals surface area contributed by atoms with Crippen LogP contribution >= 0.6 is 11.6 Å². The van der Waals surface area contributed by atoms with Gasteiger partial charge in [-0.05, 0) is 60.7 Å². The van der Waals surface area contributed by atoms with Crippen LogP contribution in [0.2, 0.25) is 5.02 Å². The first-order valence-corrected chi connectivity index (χ1v) is 9.01. The van der Waals surface area contributed by atoms with Crippen LogP contribution in [0.15, 0.2) is 48.5 Å². The molecule has 0 unspecified atom stereocenters. The number of aromatic nitrogens is 2. The van der Waals surface area contributed by atoms with Crippen molar-refractivity contribution in [3.63, 3.8) is 0 Å². The van der Waals surface area contributed by atoms with Gasteiger partial charge >= 0.3 is 0 Å². The van der Waals surface area contributed by atoms with Gasteiger partial charge in [-0.15, -0.1) is 0 Å². The zero-order valence-corrected chi connectivity index (χ0v) is 14.7. The number of halogens is 1. The zero-order valence-electron chi connectivity index (χ0n) is 14.0. The van der Waals surface area contributed by atoms with Crippen LogP contribution in [-0.2, 0) is 12.8 Å². The SMILES string of the molecule is N#Cc1c2c(c(Nc3cccc(Cl)c3)n3c1nc1ccccc13)CCC2. The number of nitrogens with one attached hydrogen (secondary N) is 1. The molecule has 0 saturated carbocycles. The molecule has 5 heteroatoms. The van der Waals surface area contributed by atoms with Crippen LogP contribution in [0.5, 0.6) is 0 Å². The number of rotatable bonds is 2. The van der Waals surface area contributed by atoms with E-state index in [2.05, 4.69) is 15.8 Å². The number of nitrogens with zero attached hydrogens (tertiary/aromatic N) is 3. The largest absolute Gasteiger partial charge is 0.341 e. The van der Waals surface area contributed by atoms with E-state index in [0.29, 0.717) is 10.6 Å². The molecule has 0 saturated heterocycles. The summed E-state index contributed by atoms with van der Waals surface area (Å²) in [4.78, 5) is 4.76. The van der Waals surface area contributed by atoms with E-state index >= 15 is 0 Å². The first kappa shape index (κ1) is 15.2. The highest BCUT2D eigenvalue weighted by Crippen LogP contribution is 2.37. The van der Waals surface area contributed by atoms with Gasteiger partial charge in [0.05, 0.1) is 16.6 Å². The minimum atomic E-state index is 0.687. The Kier molecular flexibility index (Phi) is 3.37. The van der Waals surface area contributed by atoms with Gasteiger partial charge in [-0.3, -0.25) is 4.40 Å². The standard InChI is InChI=1S/C21H15ClN4/c22-13-5-3-6-14(11-13)24-20-16-8-4-7-15(16)17(12-23)21-25-18-9-1-2-10-19(18)26(20)21/h1-3,5-6,9-11,24H,4,7-8H2. The smallest absolute Gasteiger partial charge is 0.157 e. The van der Waals surface area contributed by atoms with Crippen LogP contribution in [0.1, 0.15) is 23.1 Å². The van der Waals surface area contributed by atoms with E-state index in [9.17, 15) is 5.26 Å². The second-order valence-corrected chi connectivity index (χ2v) is 6.98. The fourth-order valence-corrected chi connectivity index (χ4v) is 4.11. The van der Waals surface area contributed by atoms with Gasteiger partial charge in [-0.2, -0.15) is 5.26 Å². The van der Waals surface area contributed by atoms with Crippen molar-refractivity contribution in [3.8, 4) is 6.07 Å². The third-order valence-corrected chi connectivity index (χ3v) is 5.25. The Morgan fingerprint density at radius 3 is 2.77 bits per heavy atom. The number of anilines is 2. The number of para-hydroxylation sites is 2. The Bertz CT molecular complexity index is 1220. The number of pyridine rings is 1. The summed E-state index contributed by atoms with van der Waals surface area (Å²) in [7, 11) is 0. The lowest BCUT2D eigenvalue weighted by atomic mass is 10.1. The number of hydrogen-bond acceptors (Lipinski definition) is 3. The lowest BCUT2D eigenvalue weighted by Crippen LogP contribution is -2.06. The van der Waals surface area contributed by atoms with E-state index < -0.39 is 0 Å². The Labute approximate surface area is 155 Å². The minimum absolute atomic E-state index is 0.687. The van der Waals surface area contributed by atoms with Crippen LogP contribution < -0.4 is 5.32 Å². The summed E-state index contributed by atoms with van der Waals surface area (Å²) in [6, 6.07) is 18.1. The third-order valence-electron chi connectivity index (χ3n) is 5.01. The van der Waals surface area contributed by atoms with E-state index in [1.165, 1.54) is 5.56 Å². The monoisotopic (exact) mass is 358 g/mol. The van der Waals surface area contributed by atoms with Crippen molar-refractivity contribution in [3.05, 3.63) is 70.2 Å². The summed E-state index contributed by atoms with van der Waals surface area (Å²) >= 11 is 6.17. The van der Waals surface area contributed by atoms with E-state index in [1.807, 2.05) is 48.5 Å². The average molecular weight is 359 g/mol. The molecule has 26 heavy (non-hydrogen) atoms. The first-order chi connectivity index (χ1) is 12.8. The highest BCUT2D eigenvalue weighted by Gasteiger charge is 2.25. The molecule has 0 fully saturated rings. The van der Waals surface area contributed by atoms with Gasteiger partial charge in [0, 0.05) is 10.7 Å². The third kappa shape index (κ3) is 2.18. The number of nitriles is 1. The molecule has 126 valence electrons. The Morgan fingerprint density at radius 2 is 1.92 bits per heavy atom. The summed E-state index contributed by atoms with van der Waals surface area (Å²) in [6.45, 7) is 0. The Balaban J connectivity index is 1.88. The van der Waals surface area contributed by atoms with Crippen LogP contribution in [0.25, 0.3) is 16.7 Å². The predicted molar refractivity (Wildman–Crippen MR) is 104 cm³/mol. The maximum atomic E-state index is 9.80. The van der Waals surface area contributed by atoms with Gasteiger partial charge in [0.25, 0.3) is 0 Å². The summed E-state index contributed by atoms with van der Waals surface area (Å²) in [5.74, 6) is 0.988. The highest BCUT2D eigenvalue weighted by molar-refractivity contribution is 6.30. The van der Waals surface area contributed by atoms with Crippen LogP contribution in [0.3, 0.4) is 0 Å². The lowest BCUT2D eigenvalue weighted by molar-refractivity contribution is 0.910. The molecular formula is C21H15ClN4. The van der Waals surface area contributed by atoms with Crippen molar-refractivity contribution in [1.82, 2.24) is 9.38 Å². The van der Waals surface area contributed by atoms with Gasteiger partial charge in [0.15, 0.2) is 5.65 Å². The molecule has 4 nitrogen and oxygen atoms in total. The first-order valence-electron chi connectivity index (χ1n) is 8.64. The van der Waals surface area contributed by atoms with Crippen LogP contribution in [-0.4, -0.2) is 9.38 Å². The average Bonchev–Trinajstić information content (AvgIpc) is 3.26. The molecule has 0 spiro atoms. The van der Waals surface area contributed by atoms with Crippen LogP contribution in [0.4, 0.5) is 11.5 Å². The summed E-state index contributed by atoms with van der Waals surface area (Å²) in [5.41, 5.74) is 6.57. The van der Waals surface area contributed by atoms with Crippen LogP contribution in [0, 0.1) is 11.3 Å². The molecule has 4 aromatic rings. The maximum Gasteiger partial charge on any atom is 0.157 e. The molecule has 0 atom stereocenters. The molecule has 2 aromatic carbocycles. The highest BCUT2D eigenvalue weighted by atomic mass is 35.5. The molecule has 0 radical (unpaired) electrons. The molecule has 1 aliphatic carbocycles. The Morgan fingerprint density at radius 1 is 1.08 bits per heavy atom. The van der Waals surface area contributed by atoms with E-state index in [-0.39, 0.29) is 0 Å². The van der Waals surface area contributed by atoms with E-state index in [1.54, 1.807) is 0 Å². The molecule has 2 aromatic heterocycles. The predicted octanol–water partition coefficient (Wildman–Crippen LogP) is 5.24. The minimum Gasteiger partial charge on any atom is -0.341 e. The second kappa shape index (κ2) is 5.76. The Hall–Kier alpha value is -3.03. The molecule has 1 aliphatic rings. The normalized spacial score (nSPS) is 13.1. The summed E-state index contributed by atoms with van der Waals surface area (Å²) in [5, 5.41) is 14.0. The van der Waals surface area contributed by atoms with Crippen molar-refractivity contribution in [2.75, 3.05) is 5.32 Å². The van der Waals surface area contributed by atoms with E-state index in [4.69, 9.17) is 16.6 Å². The van der Waals surface area contributed by atoms with Gasteiger partial charge in [0.1, 0.15) is 11.9 Å². The van der Waals surface area contributed by atoms with Gasteiger partial charge in [-0.25, -0.2) is 4.98 Å². The van der Waals surface area contributed by atoms with Gasteiger partial charge < -0.3 is 5.32 Å². The molecule has 0 bridgehead atoms. The zero-order chi connectivity index (χ0) is 17.7. The van der Waals surface area contributed by atoms with Gasteiger partial charge in [0.2, 0.25) is 0 Å². The molecule has 0 aliphatic heterocycles.